The van der Waals surface area contributed by atoms with Crippen LogP contribution in [-0.2, 0) is 28.9 Å². The molecule has 3 rings (SSSR count). The first kappa shape index (κ1) is 23.0. The lowest BCUT2D eigenvalue weighted by Crippen LogP contribution is -2.41. The number of carboxylic acids is 2. The Bertz CT molecular complexity index is 1060. The number of anilines is 1. The van der Waals surface area contributed by atoms with E-state index in [1.165, 1.54) is 0 Å². The van der Waals surface area contributed by atoms with E-state index in [4.69, 9.17) is 10.8 Å². The number of nitrogen functional groups attached to an aromatic ring is 1. The van der Waals surface area contributed by atoms with Gasteiger partial charge in [0.05, 0.1) is 5.69 Å². The van der Waals surface area contributed by atoms with Gasteiger partial charge in [-0.25, -0.2) is 9.78 Å². The molecule has 1 aromatic heterocycles. The molecule has 1 amide bonds. The number of aliphatic carboxylic acids is 2. The lowest BCUT2D eigenvalue weighted by Gasteiger charge is -2.23. The molecule has 0 radical (unpaired) electrons. The molecule has 1 heterocycles. The van der Waals surface area contributed by atoms with Gasteiger partial charge in [0.25, 0.3) is 11.5 Å². The number of hydrogen-bond acceptors (Lipinski definition) is 6. The molecule has 6 N–H and O–H groups in total. The van der Waals surface area contributed by atoms with Gasteiger partial charge in [-0.05, 0) is 62.1 Å². The zero-order chi connectivity index (χ0) is 23.3. The second kappa shape index (κ2) is 10.1. The molecule has 0 saturated carbocycles. The highest BCUT2D eigenvalue weighted by atomic mass is 16.4. The standard InChI is InChI=1S/C22H26N4O6/c23-22-25-16-8-5-13(11-15(16)20(30)26-22)2-1-12-3-6-14(7-4-12)19(29)24-17(21(31)32)9-10-18(27)28/h3-4,6-7,13,17H,1-2,5,8-11H2,(H,24,29)(H,27,28)(H,31,32)(H3,23,25,26,30)/t13?,17-/m0/s1. The van der Waals surface area contributed by atoms with Gasteiger partial charge in [-0.3, -0.25) is 19.4 Å². The van der Waals surface area contributed by atoms with Gasteiger partial charge < -0.3 is 21.3 Å². The molecule has 170 valence electrons. The highest BCUT2D eigenvalue weighted by molar-refractivity contribution is 5.96. The topological polar surface area (TPSA) is 175 Å². The molecule has 0 fully saturated rings. The first-order valence-corrected chi connectivity index (χ1v) is 10.4. The van der Waals surface area contributed by atoms with Crippen molar-refractivity contribution in [3.8, 4) is 0 Å². The molecule has 0 bridgehead atoms. The van der Waals surface area contributed by atoms with Gasteiger partial charge in [-0.15, -0.1) is 0 Å². The Labute approximate surface area is 183 Å². The maximum absolute atomic E-state index is 12.3. The summed E-state index contributed by atoms with van der Waals surface area (Å²) in [6.45, 7) is 0. The lowest BCUT2D eigenvalue weighted by molar-refractivity contribution is -0.140. The molecule has 2 atom stereocenters. The van der Waals surface area contributed by atoms with Crippen LogP contribution in [0, 0.1) is 5.92 Å². The Balaban J connectivity index is 1.54. The van der Waals surface area contributed by atoms with Crippen LogP contribution in [0.2, 0.25) is 0 Å². The minimum absolute atomic E-state index is 0.146. The second-order valence-corrected chi connectivity index (χ2v) is 8.02. The average molecular weight is 442 g/mol. The minimum atomic E-state index is -1.28. The summed E-state index contributed by atoms with van der Waals surface area (Å²) in [4.78, 5) is 53.1. The van der Waals surface area contributed by atoms with Gasteiger partial charge in [0.2, 0.25) is 5.95 Å². The first-order valence-electron chi connectivity index (χ1n) is 10.4. The highest BCUT2D eigenvalue weighted by Crippen LogP contribution is 2.26. The van der Waals surface area contributed by atoms with Gasteiger partial charge >= 0.3 is 11.9 Å². The molecular formula is C22H26N4O6. The van der Waals surface area contributed by atoms with Crippen molar-refractivity contribution in [1.29, 1.82) is 0 Å². The molecule has 10 heteroatoms. The second-order valence-electron chi connectivity index (χ2n) is 8.02. The number of nitrogens with one attached hydrogen (secondary N) is 2. The number of carbonyl (C=O) groups is 3. The number of benzene rings is 1. The van der Waals surface area contributed by atoms with Crippen molar-refractivity contribution in [3.05, 3.63) is 57.0 Å². The molecule has 32 heavy (non-hydrogen) atoms. The van der Waals surface area contributed by atoms with E-state index in [9.17, 15) is 24.3 Å². The summed E-state index contributed by atoms with van der Waals surface area (Å²) >= 11 is 0. The van der Waals surface area contributed by atoms with Crippen LogP contribution in [0.1, 0.15) is 52.9 Å². The fourth-order valence-corrected chi connectivity index (χ4v) is 3.92. The van der Waals surface area contributed by atoms with Crippen LogP contribution in [-0.4, -0.2) is 44.1 Å². The van der Waals surface area contributed by atoms with Crippen molar-refractivity contribution < 1.29 is 24.6 Å². The van der Waals surface area contributed by atoms with E-state index in [0.717, 1.165) is 36.9 Å². The zero-order valence-corrected chi connectivity index (χ0v) is 17.5. The van der Waals surface area contributed by atoms with Crippen LogP contribution >= 0.6 is 0 Å². The summed E-state index contributed by atoms with van der Waals surface area (Å²) in [6.07, 6.45) is 3.42. The molecule has 10 nitrogen and oxygen atoms in total. The number of aryl methyl sites for hydroxylation is 2. The fourth-order valence-electron chi connectivity index (χ4n) is 3.92. The van der Waals surface area contributed by atoms with Crippen LogP contribution in [0.25, 0.3) is 0 Å². The predicted molar refractivity (Wildman–Crippen MR) is 115 cm³/mol. The third-order valence-corrected chi connectivity index (χ3v) is 5.71. The molecule has 0 saturated heterocycles. The summed E-state index contributed by atoms with van der Waals surface area (Å²) in [5.41, 5.74) is 8.25. The molecule has 1 unspecified atom stereocenters. The smallest absolute Gasteiger partial charge is 0.326 e. The first-order chi connectivity index (χ1) is 15.2. The highest BCUT2D eigenvalue weighted by Gasteiger charge is 2.23. The number of rotatable bonds is 9. The van der Waals surface area contributed by atoms with E-state index in [2.05, 4.69) is 15.3 Å². The Morgan fingerprint density at radius 3 is 2.59 bits per heavy atom. The van der Waals surface area contributed by atoms with Crippen molar-refractivity contribution in [1.82, 2.24) is 15.3 Å². The van der Waals surface area contributed by atoms with Crippen LogP contribution in [0.15, 0.2) is 29.1 Å². The van der Waals surface area contributed by atoms with Crippen LogP contribution in [0.3, 0.4) is 0 Å². The number of nitrogens with two attached hydrogens (primary N) is 1. The minimum Gasteiger partial charge on any atom is -0.481 e. The van der Waals surface area contributed by atoms with E-state index in [-0.39, 0.29) is 24.3 Å². The zero-order valence-electron chi connectivity index (χ0n) is 17.5. The van der Waals surface area contributed by atoms with Crippen LogP contribution in [0.4, 0.5) is 5.95 Å². The summed E-state index contributed by atoms with van der Waals surface area (Å²) in [5, 5.41) is 20.2. The number of aromatic nitrogens is 2. The van der Waals surface area contributed by atoms with Crippen molar-refractivity contribution in [2.75, 3.05) is 5.73 Å². The van der Waals surface area contributed by atoms with Crippen molar-refractivity contribution in [3.63, 3.8) is 0 Å². The normalized spacial score (nSPS) is 16.1. The van der Waals surface area contributed by atoms with E-state index >= 15 is 0 Å². The molecule has 0 spiro atoms. The number of nitrogens with zero attached hydrogens (tertiary/aromatic N) is 1. The summed E-state index contributed by atoms with van der Waals surface area (Å²) in [6, 6.07) is 5.60. The summed E-state index contributed by atoms with van der Waals surface area (Å²) in [7, 11) is 0. The van der Waals surface area contributed by atoms with Gasteiger partial charge in [-0.1, -0.05) is 12.1 Å². The van der Waals surface area contributed by atoms with Gasteiger partial charge in [0, 0.05) is 17.5 Å². The Hall–Kier alpha value is -3.69. The lowest BCUT2D eigenvalue weighted by atomic mass is 9.83. The van der Waals surface area contributed by atoms with Crippen molar-refractivity contribution in [2.24, 2.45) is 5.92 Å². The number of hydrogen-bond donors (Lipinski definition) is 5. The van der Waals surface area contributed by atoms with E-state index < -0.39 is 23.9 Å². The number of aromatic amines is 1. The molecular weight excluding hydrogens is 416 g/mol. The predicted octanol–water partition coefficient (Wildman–Crippen LogP) is 1.14. The molecule has 2 aromatic rings. The Kier molecular flexibility index (Phi) is 7.24. The number of fused-ring (bicyclic) bond motifs is 1. The van der Waals surface area contributed by atoms with Gasteiger partial charge in [-0.2, -0.15) is 0 Å². The van der Waals surface area contributed by atoms with Gasteiger partial charge in [0.1, 0.15) is 6.04 Å². The quantitative estimate of drug-likeness (QED) is 0.384. The van der Waals surface area contributed by atoms with Crippen molar-refractivity contribution in [2.45, 2.75) is 51.0 Å². The summed E-state index contributed by atoms with van der Waals surface area (Å²) in [5.74, 6) is -2.47. The number of carbonyl (C=O) groups excluding carboxylic acids is 1. The maximum atomic E-state index is 12.3. The van der Waals surface area contributed by atoms with Crippen LogP contribution in [0.5, 0.6) is 0 Å². The van der Waals surface area contributed by atoms with Crippen LogP contribution < -0.4 is 16.6 Å². The average Bonchev–Trinajstić information content (AvgIpc) is 2.75. The van der Waals surface area contributed by atoms with E-state index in [1.807, 2.05) is 12.1 Å². The largest absolute Gasteiger partial charge is 0.481 e. The number of amides is 1. The third-order valence-electron chi connectivity index (χ3n) is 5.71. The SMILES string of the molecule is Nc1nc2c(c(=O)[nH]1)CC(CCc1ccc(C(=O)N[C@@H](CCC(=O)O)C(=O)O)cc1)CC2. The number of carboxylic acid groups (broad SMARTS) is 2. The molecule has 1 aromatic carbocycles. The van der Waals surface area contributed by atoms with Gasteiger partial charge in [0.15, 0.2) is 0 Å². The van der Waals surface area contributed by atoms with Crippen molar-refractivity contribution >= 4 is 23.8 Å². The Morgan fingerprint density at radius 1 is 1.22 bits per heavy atom. The summed E-state index contributed by atoms with van der Waals surface area (Å²) < 4.78 is 0. The van der Waals surface area contributed by atoms with E-state index in [1.54, 1.807) is 12.1 Å². The monoisotopic (exact) mass is 442 g/mol. The molecule has 0 aliphatic heterocycles. The third kappa shape index (κ3) is 5.93. The molecule has 1 aliphatic carbocycles. The maximum Gasteiger partial charge on any atom is 0.326 e. The molecule has 1 aliphatic rings. The number of H-pyrrole nitrogens is 1. The van der Waals surface area contributed by atoms with E-state index in [0.29, 0.717) is 23.5 Å². The fraction of sp³-hybridized carbons (Fsp3) is 0.409. The Morgan fingerprint density at radius 2 is 1.94 bits per heavy atom.